The van der Waals surface area contributed by atoms with Crippen LogP contribution >= 0.6 is 0 Å². The van der Waals surface area contributed by atoms with Crippen molar-refractivity contribution in [2.75, 3.05) is 5.32 Å². The van der Waals surface area contributed by atoms with Crippen molar-refractivity contribution in [1.82, 2.24) is 0 Å². The second-order valence-electron chi connectivity index (χ2n) is 4.29. The normalized spacial score (nSPS) is 9.89. The number of hydrogen-bond donors (Lipinski definition) is 1. The molecule has 0 aliphatic rings. The summed E-state index contributed by atoms with van der Waals surface area (Å²) in [4.78, 5) is 23.4. The molecule has 0 atom stereocenters. The van der Waals surface area contributed by atoms with Crippen LogP contribution in [0.5, 0.6) is 0 Å². The lowest BCUT2D eigenvalue weighted by molar-refractivity contribution is -0.125. The first-order valence-electron chi connectivity index (χ1n) is 6.14. The SMILES string of the molecule is O=C(CC(=O)Nc1ccccc1)Cc1ccccc1. The largest absolute Gasteiger partial charge is 0.326 e. The number of benzene rings is 2. The Kier molecular flexibility index (Phi) is 4.45. The molecule has 3 nitrogen and oxygen atoms in total. The van der Waals surface area contributed by atoms with Gasteiger partial charge in [0.15, 0.2) is 0 Å². The second-order valence-corrected chi connectivity index (χ2v) is 4.29. The third-order valence-corrected chi connectivity index (χ3v) is 2.66. The molecule has 0 saturated carbocycles. The van der Waals surface area contributed by atoms with Crippen LogP contribution in [0.4, 0.5) is 5.69 Å². The Labute approximate surface area is 112 Å². The Morgan fingerprint density at radius 2 is 1.42 bits per heavy atom. The summed E-state index contributed by atoms with van der Waals surface area (Å²) in [7, 11) is 0. The van der Waals surface area contributed by atoms with Crippen LogP contribution in [0.1, 0.15) is 12.0 Å². The van der Waals surface area contributed by atoms with Crippen molar-refractivity contribution >= 4 is 17.4 Å². The summed E-state index contributed by atoms with van der Waals surface area (Å²) in [6, 6.07) is 18.5. The molecule has 0 fully saturated rings. The molecule has 0 bridgehead atoms. The Balaban J connectivity index is 1.84. The minimum Gasteiger partial charge on any atom is -0.326 e. The van der Waals surface area contributed by atoms with E-state index in [0.717, 1.165) is 5.56 Å². The maximum absolute atomic E-state index is 11.8. The van der Waals surface area contributed by atoms with Gasteiger partial charge in [-0.05, 0) is 17.7 Å². The maximum Gasteiger partial charge on any atom is 0.231 e. The first-order chi connectivity index (χ1) is 9.24. The topological polar surface area (TPSA) is 46.2 Å². The van der Waals surface area contributed by atoms with Gasteiger partial charge in [-0.1, -0.05) is 48.5 Å². The quantitative estimate of drug-likeness (QED) is 0.833. The van der Waals surface area contributed by atoms with E-state index in [4.69, 9.17) is 0 Å². The standard InChI is InChI=1S/C16H15NO2/c18-15(11-13-7-3-1-4-8-13)12-16(19)17-14-9-5-2-6-10-14/h1-10H,11-12H2,(H,17,19). The summed E-state index contributed by atoms with van der Waals surface area (Å²) in [5, 5.41) is 2.70. The fourth-order valence-electron chi connectivity index (χ4n) is 1.79. The molecular weight excluding hydrogens is 238 g/mol. The number of hydrogen-bond acceptors (Lipinski definition) is 2. The van der Waals surface area contributed by atoms with E-state index in [-0.39, 0.29) is 18.1 Å². The third kappa shape index (κ3) is 4.39. The van der Waals surface area contributed by atoms with Crippen LogP contribution in [0.2, 0.25) is 0 Å². The van der Waals surface area contributed by atoms with Gasteiger partial charge in [0.1, 0.15) is 5.78 Å². The molecule has 0 aromatic heterocycles. The molecule has 0 aliphatic heterocycles. The molecule has 2 aromatic carbocycles. The zero-order valence-corrected chi connectivity index (χ0v) is 10.5. The molecule has 1 N–H and O–H groups in total. The number of ketones is 1. The number of Topliss-reactive ketones (excluding diaryl/α,β-unsaturated/α-hetero) is 1. The summed E-state index contributed by atoms with van der Waals surface area (Å²) in [6.07, 6.45) is 0.201. The second kappa shape index (κ2) is 6.50. The van der Waals surface area contributed by atoms with E-state index in [1.54, 1.807) is 12.1 Å². The maximum atomic E-state index is 11.8. The zero-order chi connectivity index (χ0) is 13.5. The molecule has 19 heavy (non-hydrogen) atoms. The van der Waals surface area contributed by atoms with Crippen LogP contribution in [0.3, 0.4) is 0 Å². The minimum atomic E-state index is -0.271. The predicted molar refractivity (Wildman–Crippen MR) is 74.8 cm³/mol. The molecule has 0 spiro atoms. The van der Waals surface area contributed by atoms with Gasteiger partial charge in [0, 0.05) is 12.1 Å². The van der Waals surface area contributed by atoms with Crippen molar-refractivity contribution in [3.05, 3.63) is 66.2 Å². The lowest BCUT2D eigenvalue weighted by Gasteiger charge is -2.04. The average Bonchev–Trinajstić information content (AvgIpc) is 2.40. The van der Waals surface area contributed by atoms with Crippen molar-refractivity contribution < 1.29 is 9.59 Å². The van der Waals surface area contributed by atoms with Crippen LogP contribution in [0, 0.1) is 0 Å². The van der Waals surface area contributed by atoms with E-state index in [0.29, 0.717) is 12.1 Å². The van der Waals surface area contributed by atoms with Crippen LogP contribution in [-0.2, 0) is 16.0 Å². The van der Waals surface area contributed by atoms with Gasteiger partial charge in [0.05, 0.1) is 6.42 Å². The minimum absolute atomic E-state index is 0.0837. The highest BCUT2D eigenvalue weighted by Crippen LogP contribution is 2.07. The van der Waals surface area contributed by atoms with Gasteiger partial charge in [-0.3, -0.25) is 9.59 Å². The zero-order valence-electron chi connectivity index (χ0n) is 10.5. The van der Waals surface area contributed by atoms with Gasteiger partial charge in [-0.15, -0.1) is 0 Å². The Bertz CT molecular complexity index is 498. The first kappa shape index (κ1) is 13.0. The molecule has 0 aliphatic carbocycles. The highest BCUT2D eigenvalue weighted by Gasteiger charge is 2.10. The van der Waals surface area contributed by atoms with Gasteiger partial charge >= 0.3 is 0 Å². The van der Waals surface area contributed by atoms with Crippen molar-refractivity contribution in [2.45, 2.75) is 12.8 Å². The van der Waals surface area contributed by atoms with E-state index >= 15 is 0 Å². The lowest BCUT2D eigenvalue weighted by atomic mass is 10.1. The first-order valence-corrected chi connectivity index (χ1v) is 6.14. The summed E-state index contributed by atoms with van der Waals surface area (Å²) >= 11 is 0. The summed E-state index contributed by atoms with van der Waals surface area (Å²) < 4.78 is 0. The van der Waals surface area contributed by atoms with E-state index in [1.165, 1.54) is 0 Å². The molecule has 0 radical (unpaired) electrons. The van der Waals surface area contributed by atoms with Gasteiger partial charge < -0.3 is 5.32 Å². The van der Waals surface area contributed by atoms with Gasteiger partial charge in [0.2, 0.25) is 5.91 Å². The van der Waals surface area contributed by atoms with Crippen molar-refractivity contribution in [2.24, 2.45) is 0 Å². The van der Waals surface area contributed by atoms with Gasteiger partial charge in [0.25, 0.3) is 0 Å². The monoisotopic (exact) mass is 253 g/mol. The van der Waals surface area contributed by atoms with Crippen molar-refractivity contribution in [1.29, 1.82) is 0 Å². The van der Waals surface area contributed by atoms with Crippen molar-refractivity contribution in [3.8, 4) is 0 Å². The Morgan fingerprint density at radius 3 is 2.05 bits per heavy atom. The van der Waals surface area contributed by atoms with Gasteiger partial charge in [-0.25, -0.2) is 0 Å². The number of carbonyl (C=O) groups excluding carboxylic acids is 2. The summed E-state index contributed by atoms with van der Waals surface area (Å²) in [5.41, 5.74) is 1.64. The van der Waals surface area contributed by atoms with Crippen LogP contribution in [-0.4, -0.2) is 11.7 Å². The average molecular weight is 253 g/mol. The molecular formula is C16H15NO2. The Hall–Kier alpha value is -2.42. The van der Waals surface area contributed by atoms with E-state index < -0.39 is 0 Å². The number of para-hydroxylation sites is 1. The number of nitrogens with one attached hydrogen (secondary N) is 1. The number of rotatable bonds is 5. The number of amides is 1. The molecule has 3 heteroatoms. The summed E-state index contributed by atoms with van der Waals surface area (Å²) in [5.74, 6) is -0.355. The van der Waals surface area contributed by atoms with Crippen LogP contribution < -0.4 is 5.32 Å². The lowest BCUT2D eigenvalue weighted by Crippen LogP contribution is -2.17. The Morgan fingerprint density at radius 1 is 0.842 bits per heavy atom. The number of carbonyl (C=O) groups is 2. The summed E-state index contributed by atoms with van der Waals surface area (Å²) in [6.45, 7) is 0. The van der Waals surface area contributed by atoms with Crippen LogP contribution in [0.25, 0.3) is 0 Å². The molecule has 0 saturated heterocycles. The smallest absolute Gasteiger partial charge is 0.231 e. The highest BCUT2D eigenvalue weighted by molar-refractivity contribution is 6.04. The molecule has 0 heterocycles. The predicted octanol–water partition coefficient (Wildman–Crippen LogP) is 2.83. The molecule has 0 unspecified atom stereocenters. The van der Waals surface area contributed by atoms with Crippen molar-refractivity contribution in [3.63, 3.8) is 0 Å². The molecule has 96 valence electrons. The van der Waals surface area contributed by atoms with E-state index in [9.17, 15) is 9.59 Å². The highest BCUT2D eigenvalue weighted by atomic mass is 16.2. The molecule has 2 aromatic rings. The van der Waals surface area contributed by atoms with E-state index in [1.807, 2.05) is 48.5 Å². The molecule has 1 amide bonds. The third-order valence-electron chi connectivity index (χ3n) is 2.66. The van der Waals surface area contributed by atoms with E-state index in [2.05, 4.69) is 5.32 Å². The molecule has 2 rings (SSSR count). The van der Waals surface area contributed by atoms with Crippen LogP contribution in [0.15, 0.2) is 60.7 Å². The van der Waals surface area contributed by atoms with Gasteiger partial charge in [-0.2, -0.15) is 0 Å². The fourth-order valence-corrected chi connectivity index (χ4v) is 1.79. The fraction of sp³-hybridized carbons (Fsp3) is 0.125. The number of anilines is 1.